The molecule has 1 aromatic heterocycles. The standard InChI is InChI=1S/C16H19NO5/c1-5-21-16(20)14-9(2)17(4)13-7-6-11(8-12(13)14)22-10(3)15(18)19/h6-8,10H,5H2,1-4H3,(H,18,19)/p-1/t10-/m1/s1. The molecule has 6 nitrogen and oxygen atoms in total. The number of carbonyl (C=O) groups is 2. The Labute approximate surface area is 128 Å². The number of carboxylic acids is 1. The minimum Gasteiger partial charge on any atom is -0.546 e. The molecule has 0 bridgehead atoms. The van der Waals surface area contributed by atoms with Gasteiger partial charge in [-0.15, -0.1) is 0 Å². The van der Waals surface area contributed by atoms with Gasteiger partial charge in [-0.3, -0.25) is 0 Å². The number of rotatable bonds is 5. The van der Waals surface area contributed by atoms with Crippen LogP contribution in [0.25, 0.3) is 10.9 Å². The van der Waals surface area contributed by atoms with Crippen molar-refractivity contribution in [3.8, 4) is 5.75 Å². The Balaban J connectivity index is 2.52. The molecule has 0 fully saturated rings. The van der Waals surface area contributed by atoms with E-state index in [1.165, 1.54) is 6.92 Å². The van der Waals surface area contributed by atoms with E-state index < -0.39 is 18.0 Å². The third-order valence-corrected chi connectivity index (χ3v) is 3.59. The number of ether oxygens (including phenoxy) is 2. The number of aliphatic carboxylic acids is 1. The quantitative estimate of drug-likeness (QED) is 0.775. The molecule has 0 spiro atoms. The third kappa shape index (κ3) is 2.77. The van der Waals surface area contributed by atoms with Crippen molar-refractivity contribution in [2.24, 2.45) is 7.05 Å². The van der Waals surface area contributed by atoms with Gasteiger partial charge in [0.05, 0.1) is 18.1 Å². The van der Waals surface area contributed by atoms with E-state index in [1.807, 2.05) is 18.5 Å². The average molecular weight is 304 g/mol. The maximum Gasteiger partial charge on any atom is 0.340 e. The fourth-order valence-corrected chi connectivity index (χ4v) is 2.34. The van der Waals surface area contributed by atoms with Gasteiger partial charge >= 0.3 is 5.97 Å². The number of fused-ring (bicyclic) bond motifs is 1. The van der Waals surface area contributed by atoms with E-state index in [-0.39, 0.29) is 6.61 Å². The van der Waals surface area contributed by atoms with Crippen molar-refractivity contribution in [3.63, 3.8) is 0 Å². The molecule has 2 rings (SSSR count). The number of benzene rings is 1. The Morgan fingerprint density at radius 2 is 2.05 bits per heavy atom. The van der Waals surface area contributed by atoms with E-state index in [4.69, 9.17) is 9.47 Å². The highest BCUT2D eigenvalue weighted by Crippen LogP contribution is 2.29. The summed E-state index contributed by atoms with van der Waals surface area (Å²) in [6.07, 6.45) is -1.08. The Morgan fingerprint density at radius 1 is 1.36 bits per heavy atom. The summed E-state index contributed by atoms with van der Waals surface area (Å²) < 4.78 is 12.3. The monoisotopic (exact) mass is 304 g/mol. The maximum atomic E-state index is 12.2. The van der Waals surface area contributed by atoms with Crippen LogP contribution in [0.15, 0.2) is 18.2 Å². The molecule has 1 aromatic carbocycles. The van der Waals surface area contributed by atoms with E-state index in [0.717, 1.165) is 11.2 Å². The van der Waals surface area contributed by atoms with Crippen molar-refractivity contribution in [1.82, 2.24) is 4.57 Å². The lowest BCUT2D eigenvalue weighted by Crippen LogP contribution is -2.37. The number of hydrogen-bond acceptors (Lipinski definition) is 5. The molecule has 0 aliphatic heterocycles. The van der Waals surface area contributed by atoms with Crippen LogP contribution in [-0.2, 0) is 16.6 Å². The highest BCUT2D eigenvalue weighted by Gasteiger charge is 2.20. The van der Waals surface area contributed by atoms with Gasteiger partial charge in [0.2, 0.25) is 0 Å². The van der Waals surface area contributed by atoms with Crippen LogP contribution in [0, 0.1) is 6.92 Å². The summed E-state index contributed by atoms with van der Waals surface area (Å²) >= 11 is 0. The molecule has 2 aromatic rings. The van der Waals surface area contributed by atoms with Gasteiger partial charge in [-0.2, -0.15) is 0 Å². The Morgan fingerprint density at radius 3 is 2.64 bits per heavy atom. The molecule has 0 saturated heterocycles. The van der Waals surface area contributed by atoms with Crippen molar-refractivity contribution < 1.29 is 24.2 Å². The summed E-state index contributed by atoms with van der Waals surface area (Å²) in [6, 6.07) is 5.09. The molecule has 6 heteroatoms. The number of carbonyl (C=O) groups excluding carboxylic acids is 2. The van der Waals surface area contributed by atoms with Gasteiger partial charge in [0.1, 0.15) is 11.9 Å². The fraction of sp³-hybridized carbons (Fsp3) is 0.375. The van der Waals surface area contributed by atoms with Gasteiger partial charge in [0.15, 0.2) is 0 Å². The lowest BCUT2D eigenvalue weighted by Gasteiger charge is -2.15. The zero-order valence-corrected chi connectivity index (χ0v) is 13.0. The Hall–Kier alpha value is -2.50. The minimum atomic E-state index is -1.30. The van der Waals surface area contributed by atoms with Crippen molar-refractivity contribution in [1.29, 1.82) is 0 Å². The second-order valence-corrected chi connectivity index (χ2v) is 5.00. The van der Waals surface area contributed by atoms with Crippen LogP contribution < -0.4 is 9.84 Å². The van der Waals surface area contributed by atoms with Crippen LogP contribution in [0.4, 0.5) is 0 Å². The van der Waals surface area contributed by atoms with Gasteiger partial charge in [0.25, 0.3) is 0 Å². The Kier molecular flexibility index (Phi) is 4.40. The van der Waals surface area contributed by atoms with Crippen LogP contribution in [0.5, 0.6) is 5.75 Å². The smallest absolute Gasteiger partial charge is 0.340 e. The van der Waals surface area contributed by atoms with Crippen LogP contribution >= 0.6 is 0 Å². The van der Waals surface area contributed by atoms with Crippen molar-refractivity contribution in [2.75, 3.05) is 6.61 Å². The van der Waals surface area contributed by atoms with Crippen molar-refractivity contribution in [2.45, 2.75) is 26.9 Å². The zero-order valence-electron chi connectivity index (χ0n) is 13.0. The normalized spacial score (nSPS) is 12.2. The molecule has 0 radical (unpaired) electrons. The second-order valence-electron chi connectivity index (χ2n) is 5.00. The summed E-state index contributed by atoms with van der Waals surface area (Å²) in [5, 5.41) is 11.4. The molecule has 1 heterocycles. The topological polar surface area (TPSA) is 80.6 Å². The predicted octanol–water partition coefficient (Wildman–Crippen LogP) is 1.18. The third-order valence-electron chi connectivity index (χ3n) is 3.59. The molecule has 0 aliphatic carbocycles. The molecule has 22 heavy (non-hydrogen) atoms. The van der Waals surface area contributed by atoms with Crippen LogP contribution in [0.2, 0.25) is 0 Å². The first-order valence-corrected chi connectivity index (χ1v) is 7.00. The summed E-state index contributed by atoms with van der Waals surface area (Å²) in [4.78, 5) is 22.9. The lowest BCUT2D eigenvalue weighted by atomic mass is 10.1. The SMILES string of the molecule is CCOC(=O)c1c(C)n(C)c2ccc(O[C@H](C)C(=O)[O-])cc12. The fourth-order valence-electron chi connectivity index (χ4n) is 2.34. The molecule has 0 aliphatic rings. The summed E-state index contributed by atoms with van der Waals surface area (Å²) in [5.74, 6) is -1.34. The largest absolute Gasteiger partial charge is 0.546 e. The summed E-state index contributed by atoms with van der Waals surface area (Å²) in [6.45, 7) is 5.25. The van der Waals surface area contributed by atoms with Gasteiger partial charge in [-0.1, -0.05) is 0 Å². The lowest BCUT2D eigenvalue weighted by molar-refractivity contribution is -0.312. The van der Waals surface area contributed by atoms with E-state index in [2.05, 4.69) is 0 Å². The molecule has 0 saturated carbocycles. The van der Waals surface area contributed by atoms with Crippen molar-refractivity contribution >= 4 is 22.8 Å². The molecule has 0 unspecified atom stereocenters. The molecule has 1 atom stereocenters. The maximum absolute atomic E-state index is 12.2. The number of aryl methyl sites for hydroxylation is 1. The van der Waals surface area contributed by atoms with Crippen molar-refractivity contribution in [3.05, 3.63) is 29.5 Å². The Bertz CT molecular complexity index is 732. The van der Waals surface area contributed by atoms with Gasteiger partial charge in [-0.25, -0.2) is 4.79 Å². The molecule has 0 N–H and O–H groups in total. The second kappa shape index (κ2) is 6.09. The molecule has 118 valence electrons. The van der Waals surface area contributed by atoms with E-state index in [9.17, 15) is 14.7 Å². The van der Waals surface area contributed by atoms with Gasteiger partial charge in [0, 0.05) is 23.6 Å². The molecular weight excluding hydrogens is 286 g/mol. The highest BCUT2D eigenvalue weighted by molar-refractivity contribution is 6.06. The average Bonchev–Trinajstić information content (AvgIpc) is 2.70. The van der Waals surface area contributed by atoms with E-state index in [0.29, 0.717) is 16.7 Å². The number of nitrogens with zero attached hydrogens (tertiary/aromatic N) is 1. The van der Waals surface area contributed by atoms with E-state index >= 15 is 0 Å². The first-order chi connectivity index (χ1) is 10.4. The summed E-state index contributed by atoms with van der Waals surface area (Å²) in [5.41, 5.74) is 2.08. The van der Waals surface area contributed by atoms with E-state index in [1.54, 1.807) is 25.1 Å². The van der Waals surface area contributed by atoms with Crippen LogP contribution in [0.1, 0.15) is 29.9 Å². The molecular formula is C16H18NO5-. The number of aromatic nitrogens is 1. The zero-order chi connectivity index (χ0) is 16.4. The summed E-state index contributed by atoms with van der Waals surface area (Å²) in [7, 11) is 1.85. The first-order valence-electron chi connectivity index (χ1n) is 7.00. The minimum absolute atomic E-state index is 0.284. The van der Waals surface area contributed by atoms with Crippen LogP contribution in [-0.4, -0.2) is 29.2 Å². The van der Waals surface area contributed by atoms with Gasteiger partial charge < -0.3 is 23.9 Å². The molecule has 0 amide bonds. The number of esters is 1. The highest BCUT2D eigenvalue weighted by atomic mass is 16.5. The number of hydrogen-bond donors (Lipinski definition) is 0. The predicted molar refractivity (Wildman–Crippen MR) is 78.7 cm³/mol. The number of carboxylic acid groups (broad SMARTS) is 1. The van der Waals surface area contributed by atoms with Gasteiger partial charge in [-0.05, 0) is 39.0 Å². The first kappa shape index (κ1) is 15.9. The van der Waals surface area contributed by atoms with Crippen LogP contribution in [0.3, 0.4) is 0 Å².